The molecule has 2 aromatic carbocycles. The number of nitrogens with zero attached hydrogens (tertiary/aromatic N) is 2. The fourth-order valence-corrected chi connectivity index (χ4v) is 3.78. The highest BCUT2D eigenvalue weighted by atomic mass is 35.5. The second kappa shape index (κ2) is 8.46. The van der Waals surface area contributed by atoms with Crippen LogP contribution in [0.25, 0.3) is 0 Å². The van der Waals surface area contributed by atoms with E-state index in [0.717, 1.165) is 23.4 Å². The smallest absolute Gasteiger partial charge is 0.246 e. The van der Waals surface area contributed by atoms with E-state index >= 15 is 0 Å². The largest absolute Gasteiger partial charge is 0.357 e. The Labute approximate surface area is 168 Å². The Morgan fingerprint density at radius 3 is 2.81 bits per heavy atom. The molecule has 2 aromatic rings. The van der Waals surface area contributed by atoms with Crippen molar-refractivity contribution in [1.82, 2.24) is 10.2 Å². The van der Waals surface area contributed by atoms with Crippen LogP contribution in [0.5, 0.6) is 0 Å². The van der Waals surface area contributed by atoms with Crippen molar-refractivity contribution < 1.29 is 9.18 Å². The molecule has 4 nitrogen and oxygen atoms in total. The third-order valence-corrected chi connectivity index (χ3v) is 5.39. The molecular weight excluding hydrogens is 388 g/mol. The fourth-order valence-electron chi connectivity index (χ4n) is 3.41. The molecule has 1 N–H and O–H groups in total. The van der Waals surface area contributed by atoms with Crippen molar-refractivity contribution in [3.05, 3.63) is 63.4 Å². The van der Waals surface area contributed by atoms with Gasteiger partial charge < -0.3 is 15.1 Å². The normalized spacial score (nSPS) is 17.1. The maximum atomic E-state index is 13.5. The molecule has 27 heavy (non-hydrogen) atoms. The summed E-state index contributed by atoms with van der Waals surface area (Å²) in [7, 11) is 1.75. The lowest BCUT2D eigenvalue weighted by atomic mass is 10.1. The Bertz CT molecular complexity index is 846. The van der Waals surface area contributed by atoms with Gasteiger partial charge in [0, 0.05) is 49.0 Å². The average molecular weight is 410 g/mol. The van der Waals surface area contributed by atoms with Crippen LogP contribution in [0, 0.1) is 12.7 Å². The van der Waals surface area contributed by atoms with Crippen molar-refractivity contribution in [1.29, 1.82) is 0 Å². The van der Waals surface area contributed by atoms with Gasteiger partial charge in [-0.25, -0.2) is 4.39 Å². The highest BCUT2D eigenvalue weighted by Crippen LogP contribution is 2.26. The zero-order chi connectivity index (χ0) is 19.6. The zero-order valence-corrected chi connectivity index (χ0v) is 16.8. The number of amides is 1. The molecule has 0 aromatic heterocycles. The van der Waals surface area contributed by atoms with Gasteiger partial charge in [-0.1, -0.05) is 23.2 Å². The summed E-state index contributed by atoms with van der Waals surface area (Å²) in [5.41, 5.74) is 2.49. The number of halogens is 3. The molecule has 1 atom stereocenters. The summed E-state index contributed by atoms with van der Waals surface area (Å²) in [6.07, 6.45) is 0. The van der Waals surface area contributed by atoms with E-state index in [9.17, 15) is 9.18 Å². The SMILES string of the molecule is Cc1cc(F)ccc1N1CCNCC1C(=O)N(C)Cc1cc(Cl)ccc1Cl. The molecule has 1 amide bonds. The van der Waals surface area contributed by atoms with Gasteiger partial charge in [-0.3, -0.25) is 4.79 Å². The van der Waals surface area contributed by atoms with Crippen molar-refractivity contribution in [2.75, 3.05) is 31.6 Å². The molecule has 0 bridgehead atoms. The lowest BCUT2D eigenvalue weighted by molar-refractivity contribution is -0.132. The fraction of sp³-hybridized carbons (Fsp3) is 0.350. The molecule has 1 heterocycles. The Morgan fingerprint density at radius 2 is 2.07 bits per heavy atom. The minimum atomic E-state index is -0.370. The van der Waals surface area contributed by atoms with Crippen LogP contribution in [0.3, 0.4) is 0 Å². The second-order valence-electron chi connectivity index (χ2n) is 6.77. The van der Waals surface area contributed by atoms with E-state index in [2.05, 4.69) is 5.32 Å². The minimum absolute atomic E-state index is 0.0260. The average Bonchev–Trinajstić information content (AvgIpc) is 2.64. The van der Waals surface area contributed by atoms with E-state index < -0.39 is 0 Å². The van der Waals surface area contributed by atoms with Crippen molar-refractivity contribution in [3.63, 3.8) is 0 Å². The number of piperazine rings is 1. The first-order chi connectivity index (χ1) is 12.9. The van der Waals surface area contributed by atoms with Crippen LogP contribution in [0.4, 0.5) is 10.1 Å². The summed E-state index contributed by atoms with van der Waals surface area (Å²) in [5.74, 6) is -0.302. The lowest BCUT2D eigenvalue weighted by Crippen LogP contribution is -2.58. The molecule has 1 saturated heterocycles. The molecule has 1 unspecified atom stereocenters. The summed E-state index contributed by atoms with van der Waals surface area (Å²) >= 11 is 12.3. The van der Waals surface area contributed by atoms with E-state index in [1.54, 1.807) is 36.2 Å². The van der Waals surface area contributed by atoms with Gasteiger partial charge in [-0.15, -0.1) is 0 Å². The third-order valence-electron chi connectivity index (χ3n) is 4.79. The van der Waals surface area contributed by atoms with Crippen molar-refractivity contribution in [3.8, 4) is 0 Å². The van der Waals surface area contributed by atoms with Gasteiger partial charge in [0.05, 0.1) is 0 Å². The number of likely N-dealkylation sites (N-methyl/N-ethyl adjacent to an activating group) is 1. The molecule has 1 aliphatic heterocycles. The van der Waals surface area contributed by atoms with Gasteiger partial charge in [-0.2, -0.15) is 0 Å². The number of hydrogen-bond donors (Lipinski definition) is 1. The summed E-state index contributed by atoms with van der Waals surface area (Å²) in [4.78, 5) is 16.9. The molecule has 0 radical (unpaired) electrons. The minimum Gasteiger partial charge on any atom is -0.357 e. The Morgan fingerprint density at radius 1 is 1.30 bits per heavy atom. The van der Waals surface area contributed by atoms with Gasteiger partial charge in [-0.05, 0) is 54.4 Å². The molecule has 0 saturated carbocycles. The van der Waals surface area contributed by atoms with Crippen LogP contribution in [-0.4, -0.2) is 43.5 Å². The van der Waals surface area contributed by atoms with Crippen LogP contribution >= 0.6 is 23.2 Å². The number of hydrogen-bond acceptors (Lipinski definition) is 3. The van der Waals surface area contributed by atoms with Crippen molar-refractivity contribution in [2.24, 2.45) is 0 Å². The number of aryl methyl sites for hydroxylation is 1. The summed E-state index contributed by atoms with van der Waals surface area (Å²) in [6.45, 7) is 4.20. The van der Waals surface area contributed by atoms with Crippen molar-refractivity contribution >= 4 is 34.8 Å². The van der Waals surface area contributed by atoms with Crippen LogP contribution in [0.2, 0.25) is 10.0 Å². The maximum Gasteiger partial charge on any atom is 0.246 e. The van der Waals surface area contributed by atoms with E-state index in [0.29, 0.717) is 29.7 Å². The molecule has 1 fully saturated rings. The first kappa shape index (κ1) is 19.9. The topological polar surface area (TPSA) is 35.6 Å². The van der Waals surface area contributed by atoms with E-state index in [1.807, 2.05) is 11.8 Å². The van der Waals surface area contributed by atoms with Gasteiger partial charge in [0.2, 0.25) is 5.91 Å². The predicted molar refractivity (Wildman–Crippen MR) is 108 cm³/mol. The van der Waals surface area contributed by atoms with Crippen LogP contribution in [0.15, 0.2) is 36.4 Å². The molecule has 0 aliphatic carbocycles. The van der Waals surface area contributed by atoms with Crippen LogP contribution in [-0.2, 0) is 11.3 Å². The standard InChI is InChI=1S/C20H22Cl2FN3O/c1-13-9-16(23)4-6-18(13)26-8-7-24-11-19(26)20(27)25(2)12-14-10-15(21)3-5-17(14)22/h3-6,9-10,19,24H,7-8,11-12H2,1-2H3. The molecule has 1 aliphatic rings. The van der Waals surface area contributed by atoms with E-state index in [4.69, 9.17) is 23.2 Å². The quantitative estimate of drug-likeness (QED) is 0.831. The van der Waals surface area contributed by atoms with Crippen molar-refractivity contribution in [2.45, 2.75) is 19.5 Å². The highest BCUT2D eigenvalue weighted by Gasteiger charge is 2.31. The van der Waals surface area contributed by atoms with Gasteiger partial charge in [0.15, 0.2) is 0 Å². The van der Waals surface area contributed by atoms with Gasteiger partial charge >= 0.3 is 0 Å². The van der Waals surface area contributed by atoms with Crippen LogP contribution < -0.4 is 10.2 Å². The number of carbonyl (C=O) groups is 1. The third kappa shape index (κ3) is 4.54. The number of anilines is 1. The number of rotatable bonds is 4. The predicted octanol–water partition coefficient (Wildman–Crippen LogP) is 3.88. The Hall–Kier alpha value is -1.82. The number of carbonyl (C=O) groups excluding carboxylic acids is 1. The summed E-state index contributed by atoms with van der Waals surface area (Å²) in [6, 6.07) is 9.52. The maximum absolute atomic E-state index is 13.5. The first-order valence-electron chi connectivity index (χ1n) is 8.79. The van der Waals surface area contributed by atoms with E-state index in [1.165, 1.54) is 12.1 Å². The first-order valence-corrected chi connectivity index (χ1v) is 9.55. The second-order valence-corrected chi connectivity index (χ2v) is 7.62. The molecular formula is C20H22Cl2FN3O. The molecule has 0 spiro atoms. The molecule has 7 heteroatoms. The van der Waals surface area contributed by atoms with Gasteiger partial charge in [0.25, 0.3) is 0 Å². The lowest BCUT2D eigenvalue weighted by Gasteiger charge is -2.39. The highest BCUT2D eigenvalue weighted by molar-refractivity contribution is 6.33. The number of nitrogens with one attached hydrogen (secondary N) is 1. The molecule has 144 valence electrons. The number of benzene rings is 2. The van der Waals surface area contributed by atoms with E-state index in [-0.39, 0.29) is 17.8 Å². The summed E-state index contributed by atoms with van der Waals surface area (Å²) in [5, 5.41) is 4.43. The Balaban J connectivity index is 1.81. The molecule has 3 rings (SSSR count). The zero-order valence-electron chi connectivity index (χ0n) is 15.3. The van der Waals surface area contributed by atoms with Crippen LogP contribution in [0.1, 0.15) is 11.1 Å². The summed E-state index contributed by atoms with van der Waals surface area (Å²) < 4.78 is 13.5. The van der Waals surface area contributed by atoms with Gasteiger partial charge in [0.1, 0.15) is 11.9 Å². The monoisotopic (exact) mass is 409 g/mol. The Kier molecular flexibility index (Phi) is 6.25.